The van der Waals surface area contributed by atoms with Gasteiger partial charge < -0.3 is 9.64 Å². The Balaban J connectivity index is 2.03. The van der Waals surface area contributed by atoms with Crippen LogP contribution in [0.5, 0.6) is 0 Å². The van der Waals surface area contributed by atoms with Crippen molar-refractivity contribution in [2.75, 3.05) is 24.6 Å². The van der Waals surface area contributed by atoms with Crippen molar-refractivity contribution in [3.05, 3.63) is 11.1 Å². The lowest BCUT2D eigenvalue weighted by Crippen LogP contribution is -2.25. The van der Waals surface area contributed by atoms with Crippen LogP contribution >= 0.6 is 11.3 Å². The van der Waals surface area contributed by atoms with Crippen molar-refractivity contribution in [3.63, 3.8) is 0 Å². The Bertz CT molecular complexity index is 451. The van der Waals surface area contributed by atoms with E-state index in [0.29, 0.717) is 23.6 Å². The maximum atomic E-state index is 11.6. The van der Waals surface area contributed by atoms with Crippen LogP contribution in [0.4, 0.5) is 5.13 Å². The number of carbonyl (C=O) groups excluding carboxylic acids is 1. The van der Waals surface area contributed by atoms with Gasteiger partial charge in [-0.1, -0.05) is 20.8 Å². The van der Waals surface area contributed by atoms with Gasteiger partial charge in [0.25, 0.3) is 0 Å². The van der Waals surface area contributed by atoms with Crippen LogP contribution in [0, 0.1) is 11.3 Å². The van der Waals surface area contributed by atoms with Crippen LogP contribution < -0.4 is 4.90 Å². The first kappa shape index (κ1) is 14.3. The van der Waals surface area contributed by atoms with Crippen molar-refractivity contribution in [2.24, 2.45) is 11.3 Å². The van der Waals surface area contributed by atoms with Gasteiger partial charge in [0.05, 0.1) is 6.61 Å². The molecule has 1 aliphatic heterocycles. The summed E-state index contributed by atoms with van der Waals surface area (Å²) in [6.45, 7) is 11.1. The van der Waals surface area contributed by atoms with Crippen LogP contribution in [-0.2, 0) is 4.74 Å². The molecule has 0 N–H and O–H groups in total. The summed E-state index contributed by atoms with van der Waals surface area (Å²) in [5.41, 5.74) is 0.761. The number of hydrogen-bond donors (Lipinski definition) is 0. The molecule has 106 valence electrons. The first-order valence-corrected chi connectivity index (χ1v) is 7.67. The minimum atomic E-state index is -0.323. The Morgan fingerprint density at radius 1 is 1.58 bits per heavy atom. The van der Waals surface area contributed by atoms with Gasteiger partial charge in [-0.2, -0.15) is 0 Å². The van der Waals surface area contributed by atoms with Gasteiger partial charge in [0.15, 0.2) is 10.8 Å². The lowest BCUT2D eigenvalue weighted by atomic mass is 9.80. The number of rotatable bonds is 3. The Morgan fingerprint density at radius 2 is 2.32 bits per heavy atom. The average Bonchev–Trinajstić information content (AvgIpc) is 2.97. The highest BCUT2D eigenvalue weighted by atomic mass is 32.1. The first-order chi connectivity index (χ1) is 8.91. The zero-order chi connectivity index (χ0) is 14.0. The number of ether oxygens (including phenoxy) is 1. The fourth-order valence-corrected chi connectivity index (χ4v) is 3.18. The average molecular weight is 282 g/mol. The van der Waals surface area contributed by atoms with E-state index in [-0.39, 0.29) is 5.97 Å². The molecule has 1 unspecified atom stereocenters. The van der Waals surface area contributed by atoms with E-state index in [4.69, 9.17) is 4.74 Å². The van der Waals surface area contributed by atoms with Gasteiger partial charge in [0.1, 0.15) is 0 Å². The summed E-state index contributed by atoms with van der Waals surface area (Å²) in [4.78, 5) is 18.3. The van der Waals surface area contributed by atoms with Crippen LogP contribution in [0.2, 0.25) is 0 Å². The summed E-state index contributed by atoms with van der Waals surface area (Å²) in [6, 6.07) is 0. The highest BCUT2D eigenvalue weighted by Crippen LogP contribution is 2.36. The summed E-state index contributed by atoms with van der Waals surface area (Å²) >= 11 is 1.53. The van der Waals surface area contributed by atoms with E-state index in [1.54, 1.807) is 12.3 Å². The molecule has 0 radical (unpaired) electrons. The first-order valence-electron chi connectivity index (χ1n) is 6.79. The van der Waals surface area contributed by atoms with E-state index < -0.39 is 0 Å². The van der Waals surface area contributed by atoms with Crippen molar-refractivity contribution in [3.8, 4) is 0 Å². The molecule has 1 saturated heterocycles. The maximum absolute atomic E-state index is 11.6. The Morgan fingerprint density at radius 3 is 2.89 bits per heavy atom. The van der Waals surface area contributed by atoms with E-state index in [1.807, 2.05) is 0 Å². The fraction of sp³-hybridized carbons (Fsp3) is 0.714. The van der Waals surface area contributed by atoms with E-state index >= 15 is 0 Å². The molecule has 0 saturated carbocycles. The number of thiazole rings is 1. The molecule has 0 bridgehead atoms. The second-order valence-electron chi connectivity index (χ2n) is 6.03. The van der Waals surface area contributed by atoms with Crippen LogP contribution in [0.25, 0.3) is 0 Å². The molecule has 2 heterocycles. The summed E-state index contributed by atoms with van der Waals surface area (Å²) < 4.78 is 4.97. The van der Waals surface area contributed by atoms with Crippen molar-refractivity contribution in [1.29, 1.82) is 0 Å². The number of nitrogens with zero attached hydrogens (tertiary/aromatic N) is 2. The van der Waals surface area contributed by atoms with E-state index in [0.717, 1.165) is 18.2 Å². The van der Waals surface area contributed by atoms with Crippen LogP contribution in [0.1, 0.15) is 44.6 Å². The monoisotopic (exact) mass is 282 g/mol. The molecule has 0 aromatic carbocycles. The van der Waals surface area contributed by atoms with Crippen LogP contribution in [0.3, 0.4) is 0 Å². The predicted octanol–water partition coefficient (Wildman–Crippen LogP) is 3.19. The second kappa shape index (κ2) is 5.49. The fourth-order valence-electron chi connectivity index (χ4n) is 2.35. The molecule has 0 amide bonds. The molecule has 1 fully saturated rings. The number of aromatic nitrogens is 1. The summed E-state index contributed by atoms with van der Waals surface area (Å²) in [7, 11) is 0. The molecule has 1 aliphatic rings. The smallest absolute Gasteiger partial charge is 0.357 e. The van der Waals surface area contributed by atoms with Gasteiger partial charge in [-0.15, -0.1) is 11.3 Å². The molecule has 2 rings (SSSR count). The van der Waals surface area contributed by atoms with Crippen molar-refractivity contribution >= 4 is 22.4 Å². The van der Waals surface area contributed by atoms with E-state index in [2.05, 4.69) is 30.7 Å². The van der Waals surface area contributed by atoms with Gasteiger partial charge in [-0.05, 0) is 24.7 Å². The topological polar surface area (TPSA) is 42.4 Å². The van der Waals surface area contributed by atoms with E-state index in [1.165, 1.54) is 17.8 Å². The Hall–Kier alpha value is -1.10. The summed E-state index contributed by atoms with van der Waals surface area (Å²) in [5, 5.41) is 2.73. The lowest BCUT2D eigenvalue weighted by Gasteiger charge is -2.26. The molecule has 1 aromatic rings. The number of anilines is 1. The Labute approximate surface area is 118 Å². The maximum Gasteiger partial charge on any atom is 0.357 e. The van der Waals surface area contributed by atoms with Gasteiger partial charge in [0, 0.05) is 18.5 Å². The molecule has 4 nitrogen and oxygen atoms in total. The molecule has 19 heavy (non-hydrogen) atoms. The highest BCUT2D eigenvalue weighted by Gasteiger charge is 2.33. The third-order valence-corrected chi connectivity index (χ3v) is 4.56. The molecule has 0 aliphatic carbocycles. The van der Waals surface area contributed by atoms with Crippen LogP contribution in [0.15, 0.2) is 5.38 Å². The van der Waals surface area contributed by atoms with Crippen molar-refractivity contribution < 1.29 is 9.53 Å². The number of hydrogen-bond acceptors (Lipinski definition) is 5. The van der Waals surface area contributed by atoms with Gasteiger partial charge in [-0.25, -0.2) is 9.78 Å². The third-order valence-electron chi connectivity index (χ3n) is 3.66. The van der Waals surface area contributed by atoms with Gasteiger partial charge in [-0.3, -0.25) is 0 Å². The second-order valence-corrected chi connectivity index (χ2v) is 6.87. The molecule has 5 heteroatoms. The quantitative estimate of drug-likeness (QED) is 0.799. The van der Waals surface area contributed by atoms with Crippen LogP contribution in [-0.4, -0.2) is 30.6 Å². The van der Waals surface area contributed by atoms with Gasteiger partial charge >= 0.3 is 5.97 Å². The van der Waals surface area contributed by atoms with Crippen molar-refractivity contribution in [1.82, 2.24) is 4.98 Å². The highest BCUT2D eigenvalue weighted by molar-refractivity contribution is 7.13. The van der Waals surface area contributed by atoms with E-state index in [9.17, 15) is 4.79 Å². The molecular weight excluding hydrogens is 260 g/mol. The minimum absolute atomic E-state index is 0.323. The summed E-state index contributed by atoms with van der Waals surface area (Å²) in [5.74, 6) is 0.360. The standard InChI is InChI=1S/C14H22N2O2S/c1-5-18-12(17)11-9-19-13(15-11)16-7-6-10(8-16)14(2,3)4/h9-10H,5-8H2,1-4H3. The molecule has 1 aromatic heterocycles. The SMILES string of the molecule is CCOC(=O)c1csc(N2CCC(C(C)(C)C)C2)n1. The largest absolute Gasteiger partial charge is 0.461 e. The zero-order valence-electron chi connectivity index (χ0n) is 12.1. The zero-order valence-corrected chi connectivity index (χ0v) is 12.9. The molecule has 1 atom stereocenters. The summed E-state index contributed by atoms with van der Waals surface area (Å²) in [6.07, 6.45) is 1.19. The van der Waals surface area contributed by atoms with Gasteiger partial charge in [0.2, 0.25) is 0 Å². The minimum Gasteiger partial charge on any atom is -0.461 e. The number of esters is 1. The number of carbonyl (C=O) groups is 1. The Kier molecular flexibility index (Phi) is 4.13. The third kappa shape index (κ3) is 3.26. The lowest BCUT2D eigenvalue weighted by molar-refractivity contribution is 0.0520. The predicted molar refractivity (Wildman–Crippen MR) is 77.8 cm³/mol. The molecular formula is C14H22N2O2S. The molecule has 0 spiro atoms. The van der Waals surface area contributed by atoms with Crippen molar-refractivity contribution in [2.45, 2.75) is 34.1 Å². The normalized spacial score (nSPS) is 19.8.